The minimum Gasteiger partial charge on any atom is -0.489 e. The first-order chi connectivity index (χ1) is 18.3. The highest BCUT2D eigenvalue weighted by Crippen LogP contribution is 2.55. The summed E-state index contributed by atoms with van der Waals surface area (Å²) in [5, 5.41) is 0. The van der Waals surface area contributed by atoms with Gasteiger partial charge in [0.05, 0.1) is 13.3 Å². The molecule has 2 fully saturated rings. The summed E-state index contributed by atoms with van der Waals surface area (Å²) in [6.45, 7) is 7.60. The lowest BCUT2D eigenvalue weighted by molar-refractivity contribution is 0.114. The monoisotopic (exact) mass is 513 g/mol. The Balaban J connectivity index is 1.32. The van der Waals surface area contributed by atoms with E-state index >= 15 is 4.39 Å². The molecular weight excluding hydrogens is 473 g/mol. The standard InChI is InChI=1S/C34H40FNO2/c1-22-13-16-34(22)15-5-7-24-10-11-25(18-30(24)34)38-21-23-9-12-26(28-19-32(37-4)36-20-31(28)35)27(17-23)29-8-6-14-33(29,2)3/h9-12,17-20,22,29H,5-8,13-16,21H2,1-4H3/t22-,29-,34+/m0/s1. The van der Waals surface area contributed by atoms with E-state index in [1.54, 1.807) is 13.2 Å². The fourth-order valence-electron chi connectivity index (χ4n) is 7.65. The highest BCUT2D eigenvalue weighted by atomic mass is 19.1. The lowest BCUT2D eigenvalue weighted by atomic mass is 9.52. The number of pyridine rings is 1. The minimum absolute atomic E-state index is 0.161. The maximum absolute atomic E-state index is 15.0. The molecule has 3 atom stereocenters. The molecule has 6 rings (SSSR count). The summed E-state index contributed by atoms with van der Waals surface area (Å²) in [6.07, 6.45) is 11.2. The van der Waals surface area contributed by atoms with Crippen LogP contribution in [0.25, 0.3) is 11.1 Å². The van der Waals surface area contributed by atoms with E-state index < -0.39 is 0 Å². The van der Waals surface area contributed by atoms with Crippen LogP contribution in [0.5, 0.6) is 11.6 Å². The van der Waals surface area contributed by atoms with E-state index in [1.807, 2.05) is 0 Å². The average molecular weight is 514 g/mol. The van der Waals surface area contributed by atoms with Crippen LogP contribution in [0.15, 0.2) is 48.7 Å². The molecule has 0 saturated heterocycles. The van der Waals surface area contributed by atoms with Crippen molar-refractivity contribution in [2.75, 3.05) is 7.11 Å². The van der Waals surface area contributed by atoms with Crippen LogP contribution < -0.4 is 9.47 Å². The molecule has 3 aliphatic rings. The van der Waals surface area contributed by atoms with Crippen molar-refractivity contribution in [2.45, 2.75) is 90.1 Å². The zero-order chi connectivity index (χ0) is 26.5. The van der Waals surface area contributed by atoms with Crippen molar-refractivity contribution in [2.24, 2.45) is 11.3 Å². The van der Waals surface area contributed by atoms with Crippen LogP contribution in [-0.2, 0) is 18.4 Å². The van der Waals surface area contributed by atoms with Crippen molar-refractivity contribution in [3.8, 4) is 22.8 Å². The number of hydrogen-bond acceptors (Lipinski definition) is 3. The Kier molecular flexibility index (Phi) is 6.48. The highest BCUT2D eigenvalue weighted by Gasteiger charge is 2.47. The molecule has 38 heavy (non-hydrogen) atoms. The summed E-state index contributed by atoms with van der Waals surface area (Å²) in [6, 6.07) is 14.9. The number of fused-ring (bicyclic) bond motifs is 2. The lowest BCUT2D eigenvalue weighted by Gasteiger charge is -2.52. The number of nitrogens with zero attached hydrogens (tertiary/aromatic N) is 1. The smallest absolute Gasteiger partial charge is 0.213 e. The molecule has 0 amide bonds. The van der Waals surface area contributed by atoms with Gasteiger partial charge in [0.2, 0.25) is 5.88 Å². The highest BCUT2D eigenvalue weighted by molar-refractivity contribution is 5.70. The second kappa shape index (κ2) is 9.70. The van der Waals surface area contributed by atoms with Gasteiger partial charge in [-0.05, 0) is 108 Å². The summed E-state index contributed by atoms with van der Waals surface area (Å²) in [5.41, 5.74) is 7.38. The van der Waals surface area contributed by atoms with Crippen LogP contribution in [0.4, 0.5) is 4.39 Å². The number of methoxy groups -OCH3 is 1. The Labute approximate surface area is 226 Å². The predicted molar refractivity (Wildman–Crippen MR) is 150 cm³/mol. The molecule has 0 N–H and O–H groups in total. The number of benzene rings is 2. The SMILES string of the molecule is COc1cc(-c2ccc(COc3ccc4c(c3)[C@]3(CCC4)CC[C@@H]3C)cc2[C@@H]2CCCC2(C)C)c(F)cn1. The van der Waals surface area contributed by atoms with Crippen LogP contribution in [0.3, 0.4) is 0 Å². The van der Waals surface area contributed by atoms with Gasteiger partial charge in [-0.1, -0.05) is 51.5 Å². The third kappa shape index (κ3) is 4.30. The van der Waals surface area contributed by atoms with Crippen molar-refractivity contribution in [1.82, 2.24) is 4.98 Å². The number of rotatable bonds is 6. The maximum Gasteiger partial charge on any atom is 0.213 e. The van der Waals surface area contributed by atoms with Gasteiger partial charge in [0.25, 0.3) is 0 Å². The molecule has 2 saturated carbocycles. The number of halogens is 1. The minimum atomic E-state index is -0.319. The van der Waals surface area contributed by atoms with E-state index in [0.29, 0.717) is 29.4 Å². The van der Waals surface area contributed by atoms with Crippen LogP contribution in [0.2, 0.25) is 0 Å². The van der Waals surface area contributed by atoms with Gasteiger partial charge in [-0.25, -0.2) is 9.37 Å². The Morgan fingerprint density at radius 2 is 1.84 bits per heavy atom. The van der Waals surface area contributed by atoms with Crippen molar-refractivity contribution in [1.29, 1.82) is 0 Å². The topological polar surface area (TPSA) is 31.4 Å². The molecular formula is C34H40FNO2. The quantitative estimate of drug-likeness (QED) is 0.330. The van der Waals surface area contributed by atoms with Gasteiger partial charge in [0.1, 0.15) is 18.2 Å². The van der Waals surface area contributed by atoms with E-state index in [9.17, 15) is 0 Å². The Bertz CT molecular complexity index is 1350. The number of aryl methyl sites for hydroxylation is 1. The van der Waals surface area contributed by atoms with E-state index in [0.717, 1.165) is 29.2 Å². The number of ether oxygens (including phenoxy) is 2. The molecule has 3 nitrogen and oxygen atoms in total. The molecule has 0 aliphatic heterocycles. The largest absolute Gasteiger partial charge is 0.489 e. The number of aromatic nitrogens is 1. The van der Waals surface area contributed by atoms with Crippen molar-refractivity contribution in [3.05, 3.63) is 76.7 Å². The first-order valence-corrected chi connectivity index (χ1v) is 14.4. The second-order valence-corrected chi connectivity index (χ2v) is 12.6. The third-order valence-electron chi connectivity index (χ3n) is 10.1. The molecule has 200 valence electrons. The lowest BCUT2D eigenvalue weighted by Crippen LogP contribution is -2.45. The first kappa shape index (κ1) is 25.4. The third-order valence-corrected chi connectivity index (χ3v) is 10.1. The van der Waals surface area contributed by atoms with E-state index in [-0.39, 0.29) is 11.2 Å². The molecule has 1 spiro atoms. The Morgan fingerprint density at radius 3 is 2.55 bits per heavy atom. The molecule has 3 aromatic rings. The first-order valence-electron chi connectivity index (χ1n) is 14.4. The number of hydrogen-bond donors (Lipinski definition) is 0. The molecule has 0 bridgehead atoms. The van der Waals surface area contributed by atoms with Crippen LogP contribution >= 0.6 is 0 Å². The van der Waals surface area contributed by atoms with Crippen LogP contribution in [-0.4, -0.2) is 12.1 Å². The zero-order valence-corrected chi connectivity index (χ0v) is 23.3. The summed E-state index contributed by atoms with van der Waals surface area (Å²) in [7, 11) is 1.57. The molecule has 4 heteroatoms. The molecule has 0 radical (unpaired) electrons. The van der Waals surface area contributed by atoms with Gasteiger partial charge < -0.3 is 9.47 Å². The van der Waals surface area contributed by atoms with Gasteiger partial charge in [-0.15, -0.1) is 0 Å². The van der Waals surface area contributed by atoms with Gasteiger partial charge in [-0.2, -0.15) is 0 Å². The van der Waals surface area contributed by atoms with E-state index in [2.05, 4.69) is 62.2 Å². The maximum atomic E-state index is 15.0. The average Bonchev–Trinajstić information content (AvgIpc) is 3.29. The predicted octanol–water partition coefficient (Wildman–Crippen LogP) is 8.77. The van der Waals surface area contributed by atoms with Crippen molar-refractivity contribution < 1.29 is 13.9 Å². The van der Waals surface area contributed by atoms with Crippen molar-refractivity contribution >= 4 is 0 Å². The van der Waals surface area contributed by atoms with Crippen LogP contribution in [0.1, 0.15) is 93.9 Å². The fourth-order valence-corrected chi connectivity index (χ4v) is 7.65. The molecule has 1 heterocycles. The van der Waals surface area contributed by atoms with Crippen molar-refractivity contribution in [3.63, 3.8) is 0 Å². The normalized spacial score (nSPS) is 25.6. The Hall–Kier alpha value is -2.88. The molecule has 0 unspecified atom stereocenters. The summed E-state index contributed by atoms with van der Waals surface area (Å²) < 4.78 is 26.8. The van der Waals surface area contributed by atoms with Gasteiger partial charge >= 0.3 is 0 Å². The second-order valence-electron chi connectivity index (χ2n) is 12.6. The van der Waals surface area contributed by atoms with E-state index in [1.165, 1.54) is 67.8 Å². The molecule has 2 aromatic carbocycles. The molecule has 3 aliphatic carbocycles. The van der Waals surface area contributed by atoms with E-state index in [4.69, 9.17) is 9.47 Å². The summed E-state index contributed by atoms with van der Waals surface area (Å²) >= 11 is 0. The summed E-state index contributed by atoms with van der Waals surface area (Å²) in [5.74, 6) is 2.19. The van der Waals surface area contributed by atoms with Gasteiger partial charge in [-0.3, -0.25) is 0 Å². The molecule has 1 aromatic heterocycles. The van der Waals surface area contributed by atoms with Gasteiger partial charge in [0.15, 0.2) is 0 Å². The Morgan fingerprint density at radius 1 is 0.974 bits per heavy atom. The summed E-state index contributed by atoms with van der Waals surface area (Å²) in [4.78, 5) is 4.06. The van der Waals surface area contributed by atoms with Crippen LogP contribution in [0, 0.1) is 17.2 Å². The van der Waals surface area contributed by atoms with Gasteiger partial charge in [0, 0.05) is 11.6 Å². The zero-order valence-electron chi connectivity index (χ0n) is 23.3. The fraction of sp³-hybridized carbons (Fsp3) is 0.500.